The van der Waals surface area contributed by atoms with E-state index < -0.39 is 0 Å². The van der Waals surface area contributed by atoms with Gasteiger partial charge in [0.15, 0.2) is 0 Å². The van der Waals surface area contributed by atoms with E-state index in [2.05, 4.69) is 10.3 Å². The topological polar surface area (TPSA) is 51.2 Å². The zero-order chi connectivity index (χ0) is 17.1. The van der Waals surface area contributed by atoms with Crippen LogP contribution in [0.25, 0.3) is 10.8 Å². The summed E-state index contributed by atoms with van der Waals surface area (Å²) in [6, 6.07) is 13.3. The Kier molecular flexibility index (Phi) is 4.67. The van der Waals surface area contributed by atoms with Crippen LogP contribution in [0, 0.1) is 6.92 Å². The summed E-state index contributed by atoms with van der Waals surface area (Å²) in [5.74, 6) is 0.319. The first-order valence-electron chi connectivity index (χ1n) is 7.68. The normalized spacial score (nSPS) is 10.6. The molecule has 24 heavy (non-hydrogen) atoms. The lowest BCUT2D eigenvalue weighted by Gasteiger charge is -2.13. The number of anilines is 2. The van der Waals surface area contributed by atoms with Crippen LogP contribution in [0.1, 0.15) is 22.8 Å². The van der Waals surface area contributed by atoms with Crippen LogP contribution < -0.4 is 5.32 Å². The van der Waals surface area contributed by atoms with Gasteiger partial charge in [0.1, 0.15) is 5.82 Å². The lowest BCUT2D eigenvalue weighted by Crippen LogP contribution is -2.07. The molecule has 0 spiro atoms. The van der Waals surface area contributed by atoms with Gasteiger partial charge in [-0.15, -0.1) is 0 Å². The van der Waals surface area contributed by atoms with E-state index in [9.17, 15) is 4.79 Å². The van der Waals surface area contributed by atoms with Crippen LogP contribution in [0.15, 0.2) is 48.7 Å². The second-order valence-corrected chi connectivity index (χ2v) is 5.81. The van der Waals surface area contributed by atoms with E-state index in [1.54, 1.807) is 13.1 Å². The average molecular weight is 341 g/mol. The number of carbonyl (C=O) groups excluding carboxylic acids is 1. The zero-order valence-electron chi connectivity index (χ0n) is 13.5. The molecule has 0 bridgehead atoms. The van der Waals surface area contributed by atoms with Gasteiger partial charge in [-0.25, -0.2) is 9.78 Å². The maximum absolute atomic E-state index is 12.1. The highest BCUT2D eigenvalue weighted by Gasteiger charge is 2.14. The molecule has 122 valence electrons. The number of pyridine rings is 1. The molecule has 0 saturated heterocycles. The average Bonchev–Trinajstić information content (AvgIpc) is 2.57. The van der Waals surface area contributed by atoms with Gasteiger partial charge in [-0.3, -0.25) is 0 Å². The van der Waals surface area contributed by atoms with Crippen molar-refractivity contribution in [1.82, 2.24) is 4.98 Å². The quantitative estimate of drug-likeness (QED) is 0.670. The number of nitrogens with zero attached hydrogens (tertiary/aromatic N) is 1. The van der Waals surface area contributed by atoms with Gasteiger partial charge in [0, 0.05) is 27.7 Å². The van der Waals surface area contributed by atoms with E-state index in [0.717, 1.165) is 22.0 Å². The molecule has 0 aliphatic carbocycles. The molecule has 0 aliphatic heterocycles. The molecule has 1 aromatic heterocycles. The molecule has 2 aromatic carbocycles. The second kappa shape index (κ2) is 6.89. The fourth-order valence-corrected chi connectivity index (χ4v) is 2.79. The largest absolute Gasteiger partial charge is 0.462 e. The first kappa shape index (κ1) is 16.3. The number of fused-ring (bicyclic) bond motifs is 1. The van der Waals surface area contributed by atoms with Crippen molar-refractivity contribution in [2.75, 3.05) is 11.9 Å². The Morgan fingerprint density at radius 1 is 1.21 bits per heavy atom. The van der Waals surface area contributed by atoms with Gasteiger partial charge in [0.05, 0.1) is 12.2 Å². The van der Waals surface area contributed by atoms with Crippen molar-refractivity contribution in [1.29, 1.82) is 0 Å². The Morgan fingerprint density at radius 2 is 1.96 bits per heavy atom. The molecule has 0 atom stereocenters. The molecule has 3 aromatic rings. The van der Waals surface area contributed by atoms with Crippen LogP contribution in [0.5, 0.6) is 0 Å². The lowest BCUT2D eigenvalue weighted by molar-refractivity contribution is 0.0528. The Balaban J connectivity index is 2.06. The number of aromatic nitrogens is 1. The Morgan fingerprint density at radius 3 is 2.67 bits per heavy atom. The molecule has 0 fully saturated rings. The minimum absolute atomic E-state index is 0.330. The summed E-state index contributed by atoms with van der Waals surface area (Å²) >= 11 is 6.01. The minimum Gasteiger partial charge on any atom is -0.462 e. The van der Waals surface area contributed by atoms with Gasteiger partial charge in [0.25, 0.3) is 0 Å². The predicted octanol–water partition coefficient (Wildman–Crippen LogP) is 5.12. The summed E-state index contributed by atoms with van der Waals surface area (Å²) in [7, 11) is 0. The first-order chi connectivity index (χ1) is 11.6. The summed E-state index contributed by atoms with van der Waals surface area (Å²) in [5.41, 5.74) is 2.40. The second-order valence-electron chi connectivity index (χ2n) is 5.37. The van der Waals surface area contributed by atoms with Crippen molar-refractivity contribution in [3.05, 3.63) is 64.8 Å². The molecule has 1 heterocycles. The molecular weight excluding hydrogens is 324 g/mol. The molecule has 0 unspecified atom stereocenters. The summed E-state index contributed by atoms with van der Waals surface area (Å²) in [5, 5.41) is 5.67. The number of rotatable bonds is 4. The summed E-state index contributed by atoms with van der Waals surface area (Å²) < 4.78 is 5.11. The van der Waals surface area contributed by atoms with Gasteiger partial charge >= 0.3 is 5.97 Å². The molecular formula is C19H17ClN2O2. The van der Waals surface area contributed by atoms with Crippen molar-refractivity contribution in [2.45, 2.75) is 13.8 Å². The fraction of sp³-hybridized carbons (Fsp3) is 0.158. The zero-order valence-corrected chi connectivity index (χ0v) is 14.2. The van der Waals surface area contributed by atoms with Gasteiger partial charge in [-0.2, -0.15) is 0 Å². The van der Waals surface area contributed by atoms with Crippen molar-refractivity contribution in [2.24, 2.45) is 0 Å². The minimum atomic E-state index is -0.365. The smallest absolute Gasteiger partial charge is 0.340 e. The van der Waals surface area contributed by atoms with Gasteiger partial charge in [-0.1, -0.05) is 35.9 Å². The number of halogens is 1. The van der Waals surface area contributed by atoms with Crippen molar-refractivity contribution in [3.8, 4) is 0 Å². The van der Waals surface area contributed by atoms with E-state index >= 15 is 0 Å². The van der Waals surface area contributed by atoms with E-state index in [0.29, 0.717) is 23.0 Å². The van der Waals surface area contributed by atoms with E-state index in [1.807, 2.05) is 49.4 Å². The van der Waals surface area contributed by atoms with E-state index in [-0.39, 0.29) is 5.97 Å². The van der Waals surface area contributed by atoms with Crippen LogP contribution in [-0.2, 0) is 4.74 Å². The fourth-order valence-electron chi connectivity index (χ4n) is 2.56. The molecule has 0 amide bonds. The molecule has 0 saturated carbocycles. The summed E-state index contributed by atoms with van der Waals surface area (Å²) in [4.78, 5) is 16.5. The summed E-state index contributed by atoms with van der Waals surface area (Å²) in [6.45, 7) is 4.09. The number of aryl methyl sites for hydroxylation is 1. The summed E-state index contributed by atoms with van der Waals surface area (Å²) in [6.07, 6.45) is 1.55. The van der Waals surface area contributed by atoms with Crippen LogP contribution >= 0.6 is 11.6 Å². The maximum atomic E-state index is 12.1. The monoisotopic (exact) mass is 340 g/mol. The number of benzene rings is 2. The number of carbonyl (C=O) groups is 1. The third-order valence-electron chi connectivity index (χ3n) is 3.73. The highest BCUT2D eigenvalue weighted by molar-refractivity contribution is 6.30. The van der Waals surface area contributed by atoms with E-state index in [4.69, 9.17) is 16.3 Å². The van der Waals surface area contributed by atoms with E-state index in [1.165, 1.54) is 0 Å². The number of ether oxygens (including phenoxy) is 1. The van der Waals surface area contributed by atoms with Crippen molar-refractivity contribution in [3.63, 3.8) is 0 Å². The molecule has 5 heteroatoms. The third kappa shape index (κ3) is 3.19. The molecule has 1 N–H and O–H groups in total. The van der Waals surface area contributed by atoms with Crippen molar-refractivity contribution < 1.29 is 9.53 Å². The lowest BCUT2D eigenvalue weighted by atomic mass is 10.1. The Labute approximate surface area is 145 Å². The number of hydrogen-bond acceptors (Lipinski definition) is 4. The number of nitrogens with one attached hydrogen (secondary N) is 1. The maximum Gasteiger partial charge on any atom is 0.340 e. The first-order valence-corrected chi connectivity index (χ1v) is 8.06. The molecule has 0 aliphatic rings. The molecule has 0 radical (unpaired) electrons. The van der Waals surface area contributed by atoms with Crippen LogP contribution in [0.4, 0.5) is 11.5 Å². The van der Waals surface area contributed by atoms with Gasteiger partial charge in [-0.05, 0) is 37.6 Å². The Hall–Kier alpha value is -2.59. The highest BCUT2D eigenvalue weighted by Crippen LogP contribution is 2.29. The SMILES string of the molecule is CCOC(=O)c1cnc(Nc2ccc(Cl)cc2C)c2ccccc12. The van der Waals surface area contributed by atoms with Gasteiger partial charge < -0.3 is 10.1 Å². The third-order valence-corrected chi connectivity index (χ3v) is 3.97. The standard InChI is InChI=1S/C19H17ClN2O2/c1-3-24-19(23)16-11-21-18(15-7-5-4-6-14(15)16)22-17-9-8-13(20)10-12(17)2/h4-11H,3H2,1-2H3,(H,21,22). The number of hydrogen-bond donors (Lipinski definition) is 1. The van der Waals surface area contributed by atoms with Crippen LogP contribution in [0.3, 0.4) is 0 Å². The molecule has 3 rings (SSSR count). The predicted molar refractivity (Wildman–Crippen MR) is 97.2 cm³/mol. The highest BCUT2D eigenvalue weighted by atomic mass is 35.5. The van der Waals surface area contributed by atoms with Crippen LogP contribution in [0.2, 0.25) is 5.02 Å². The van der Waals surface area contributed by atoms with Gasteiger partial charge in [0.2, 0.25) is 0 Å². The van der Waals surface area contributed by atoms with Crippen LogP contribution in [-0.4, -0.2) is 17.6 Å². The number of esters is 1. The Bertz CT molecular complexity index is 909. The van der Waals surface area contributed by atoms with Crippen molar-refractivity contribution >= 4 is 39.8 Å². The molecule has 4 nitrogen and oxygen atoms in total.